The summed E-state index contributed by atoms with van der Waals surface area (Å²) < 4.78 is 25.5. The molecule has 1 fully saturated rings. The van der Waals surface area contributed by atoms with Crippen molar-refractivity contribution in [2.45, 2.75) is 26.7 Å². The van der Waals surface area contributed by atoms with E-state index in [9.17, 15) is 13.2 Å². The number of halogens is 1. The van der Waals surface area contributed by atoms with E-state index in [2.05, 4.69) is 6.92 Å². The normalized spacial score (nSPS) is 18.8. The van der Waals surface area contributed by atoms with Crippen LogP contribution in [0.3, 0.4) is 0 Å². The summed E-state index contributed by atoms with van der Waals surface area (Å²) in [5.41, 5.74) is 1.22. The second-order valence-corrected chi connectivity index (χ2v) is 8.63. The summed E-state index contributed by atoms with van der Waals surface area (Å²) in [6, 6.07) is 5.04. The first kappa shape index (κ1) is 18.1. The van der Waals surface area contributed by atoms with E-state index in [1.165, 1.54) is 0 Å². The minimum atomic E-state index is -3.58. The van der Waals surface area contributed by atoms with Crippen LogP contribution in [0, 0.1) is 12.8 Å². The van der Waals surface area contributed by atoms with E-state index in [0.717, 1.165) is 29.0 Å². The Hall–Kier alpha value is -1.27. The molecule has 128 valence electrons. The van der Waals surface area contributed by atoms with Crippen LogP contribution in [-0.2, 0) is 14.8 Å². The van der Waals surface area contributed by atoms with Crippen molar-refractivity contribution in [3.63, 3.8) is 0 Å². The maximum atomic E-state index is 12.6. The first-order valence-electron chi connectivity index (χ1n) is 7.70. The van der Waals surface area contributed by atoms with E-state index in [1.54, 1.807) is 30.0 Å². The van der Waals surface area contributed by atoms with Crippen molar-refractivity contribution >= 4 is 33.2 Å². The standard InChI is InChI=1S/C16H23ClN2O3S/c1-12-5-4-8-18(10-12)16(20)11-19(23(3,21)22)15-9-14(17)7-6-13(15)2/h6-7,9,12H,4-5,8,10-11H2,1-3H3. The number of aryl methyl sites for hydroxylation is 1. The first-order valence-corrected chi connectivity index (χ1v) is 9.92. The van der Waals surface area contributed by atoms with Gasteiger partial charge in [0.05, 0.1) is 11.9 Å². The van der Waals surface area contributed by atoms with Crippen LogP contribution in [0.1, 0.15) is 25.3 Å². The van der Waals surface area contributed by atoms with Crippen molar-refractivity contribution in [1.82, 2.24) is 4.90 Å². The number of hydrogen-bond donors (Lipinski definition) is 0. The van der Waals surface area contributed by atoms with Gasteiger partial charge in [-0.1, -0.05) is 24.6 Å². The topological polar surface area (TPSA) is 57.7 Å². The molecule has 0 saturated carbocycles. The summed E-state index contributed by atoms with van der Waals surface area (Å²) in [7, 11) is -3.58. The van der Waals surface area contributed by atoms with E-state index in [0.29, 0.717) is 29.7 Å². The maximum absolute atomic E-state index is 12.6. The number of rotatable bonds is 4. The Balaban J connectivity index is 2.26. The molecule has 7 heteroatoms. The second kappa shape index (κ2) is 7.09. The third-order valence-electron chi connectivity index (χ3n) is 4.13. The number of carbonyl (C=O) groups is 1. The molecule has 1 unspecified atom stereocenters. The molecule has 1 heterocycles. The highest BCUT2D eigenvalue weighted by atomic mass is 35.5. The highest BCUT2D eigenvalue weighted by Gasteiger charge is 2.27. The lowest BCUT2D eigenvalue weighted by molar-refractivity contribution is -0.131. The lowest BCUT2D eigenvalue weighted by atomic mass is 10.0. The molecule has 1 aromatic carbocycles. The van der Waals surface area contributed by atoms with E-state index < -0.39 is 10.0 Å². The zero-order valence-corrected chi connectivity index (χ0v) is 15.3. The smallest absolute Gasteiger partial charge is 0.243 e. The van der Waals surface area contributed by atoms with Crippen molar-refractivity contribution in [3.8, 4) is 0 Å². The van der Waals surface area contributed by atoms with Gasteiger partial charge in [-0.25, -0.2) is 8.42 Å². The van der Waals surface area contributed by atoms with Gasteiger partial charge in [0.1, 0.15) is 6.54 Å². The molecule has 1 aliphatic rings. The number of carbonyl (C=O) groups excluding carboxylic acids is 1. The van der Waals surface area contributed by atoms with Crippen molar-refractivity contribution in [1.29, 1.82) is 0 Å². The van der Waals surface area contributed by atoms with Crippen LogP contribution in [0.15, 0.2) is 18.2 Å². The third kappa shape index (κ3) is 4.61. The third-order valence-corrected chi connectivity index (χ3v) is 5.49. The van der Waals surface area contributed by atoms with Crippen molar-refractivity contribution in [2.24, 2.45) is 5.92 Å². The fraction of sp³-hybridized carbons (Fsp3) is 0.562. The monoisotopic (exact) mass is 358 g/mol. The van der Waals surface area contributed by atoms with E-state index in [4.69, 9.17) is 11.6 Å². The molecule has 1 atom stereocenters. The summed E-state index contributed by atoms with van der Waals surface area (Å²) >= 11 is 6.00. The number of likely N-dealkylation sites (tertiary alicyclic amines) is 1. The zero-order valence-electron chi connectivity index (χ0n) is 13.8. The first-order chi connectivity index (χ1) is 10.7. The fourth-order valence-corrected chi connectivity index (χ4v) is 3.94. The van der Waals surface area contributed by atoms with Crippen molar-refractivity contribution < 1.29 is 13.2 Å². The Labute approximate surface area is 143 Å². The lowest BCUT2D eigenvalue weighted by Crippen LogP contribution is -2.46. The summed E-state index contributed by atoms with van der Waals surface area (Å²) in [5, 5.41) is 0.443. The van der Waals surface area contributed by atoms with Gasteiger partial charge in [-0.2, -0.15) is 0 Å². The van der Waals surface area contributed by atoms with Crippen LogP contribution in [0.25, 0.3) is 0 Å². The molecule has 5 nitrogen and oxygen atoms in total. The summed E-state index contributed by atoms with van der Waals surface area (Å²) in [5.74, 6) is 0.286. The predicted octanol–water partition coefficient (Wildman–Crippen LogP) is 2.67. The van der Waals surface area contributed by atoms with Gasteiger partial charge in [-0.15, -0.1) is 0 Å². The molecule has 2 rings (SSSR count). The Bertz CT molecular complexity index is 691. The molecule has 1 aliphatic heterocycles. The molecule has 1 aromatic rings. The molecule has 0 spiro atoms. The number of piperidine rings is 1. The van der Waals surface area contributed by atoms with E-state index in [-0.39, 0.29) is 12.5 Å². The zero-order chi connectivity index (χ0) is 17.2. The Morgan fingerprint density at radius 1 is 1.43 bits per heavy atom. The van der Waals surface area contributed by atoms with Crippen molar-refractivity contribution in [3.05, 3.63) is 28.8 Å². The van der Waals surface area contributed by atoms with Crippen LogP contribution >= 0.6 is 11.6 Å². The highest BCUT2D eigenvalue weighted by molar-refractivity contribution is 7.92. The molecule has 0 radical (unpaired) electrons. The number of benzene rings is 1. The maximum Gasteiger partial charge on any atom is 0.243 e. The average molecular weight is 359 g/mol. The van der Waals surface area contributed by atoms with Gasteiger partial charge in [-0.05, 0) is 43.4 Å². The molecule has 0 aromatic heterocycles. The molecular formula is C16H23ClN2O3S. The number of nitrogens with zero attached hydrogens (tertiary/aromatic N) is 2. The van der Waals surface area contributed by atoms with E-state index >= 15 is 0 Å². The molecule has 1 amide bonds. The van der Waals surface area contributed by atoms with Crippen LogP contribution in [0.2, 0.25) is 5.02 Å². The summed E-state index contributed by atoms with van der Waals surface area (Å²) in [4.78, 5) is 14.3. The van der Waals surface area contributed by atoms with Crippen LogP contribution in [0.4, 0.5) is 5.69 Å². The molecule has 0 aliphatic carbocycles. The lowest BCUT2D eigenvalue weighted by Gasteiger charge is -2.33. The Kier molecular flexibility index (Phi) is 5.57. The molecule has 23 heavy (non-hydrogen) atoms. The largest absolute Gasteiger partial charge is 0.341 e. The summed E-state index contributed by atoms with van der Waals surface area (Å²) in [6.45, 7) is 5.10. The summed E-state index contributed by atoms with van der Waals surface area (Å²) in [6.07, 6.45) is 3.18. The van der Waals surface area contributed by atoms with Crippen molar-refractivity contribution in [2.75, 3.05) is 30.2 Å². The van der Waals surface area contributed by atoms with Gasteiger partial charge < -0.3 is 4.90 Å². The average Bonchev–Trinajstić information content (AvgIpc) is 2.46. The Morgan fingerprint density at radius 2 is 2.13 bits per heavy atom. The van der Waals surface area contributed by atoms with Gasteiger partial charge in [0, 0.05) is 18.1 Å². The number of sulfonamides is 1. The van der Waals surface area contributed by atoms with Gasteiger partial charge in [0.2, 0.25) is 15.9 Å². The quantitative estimate of drug-likeness (QED) is 0.831. The number of anilines is 1. The highest BCUT2D eigenvalue weighted by Crippen LogP contribution is 2.26. The van der Waals surface area contributed by atoms with Gasteiger partial charge in [0.25, 0.3) is 0 Å². The SMILES string of the molecule is Cc1ccc(Cl)cc1N(CC(=O)N1CCCC(C)C1)S(C)(=O)=O. The Morgan fingerprint density at radius 3 is 2.74 bits per heavy atom. The van der Waals surface area contributed by atoms with Gasteiger partial charge >= 0.3 is 0 Å². The van der Waals surface area contributed by atoms with Crippen LogP contribution < -0.4 is 4.31 Å². The minimum Gasteiger partial charge on any atom is -0.341 e. The second-order valence-electron chi connectivity index (χ2n) is 6.29. The fourth-order valence-electron chi connectivity index (χ4n) is 2.87. The number of amides is 1. The van der Waals surface area contributed by atoms with Gasteiger partial charge in [-0.3, -0.25) is 9.10 Å². The van der Waals surface area contributed by atoms with Crippen LogP contribution in [-0.4, -0.2) is 45.1 Å². The van der Waals surface area contributed by atoms with E-state index in [1.807, 2.05) is 0 Å². The number of hydrogen-bond acceptors (Lipinski definition) is 3. The predicted molar refractivity (Wildman–Crippen MR) is 93.4 cm³/mol. The molecular weight excluding hydrogens is 336 g/mol. The molecule has 1 saturated heterocycles. The van der Waals surface area contributed by atoms with Gasteiger partial charge in [0.15, 0.2) is 0 Å². The van der Waals surface area contributed by atoms with Crippen LogP contribution in [0.5, 0.6) is 0 Å². The molecule has 0 bridgehead atoms. The minimum absolute atomic E-state index is 0.165. The molecule has 0 N–H and O–H groups in total.